The predicted octanol–water partition coefficient (Wildman–Crippen LogP) is 3.11. The third kappa shape index (κ3) is 3.97. The molecule has 5 nitrogen and oxygen atoms in total. The second kappa shape index (κ2) is 7.51. The summed E-state index contributed by atoms with van der Waals surface area (Å²) in [5, 5.41) is 2.04. The minimum atomic E-state index is 0.175. The molecule has 1 fully saturated rings. The summed E-state index contributed by atoms with van der Waals surface area (Å²) in [6, 6.07) is 2.06. The van der Waals surface area contributed by atoms with Gasteiger partial charge in [0, 0.05) is 18.8 Å². The lowest BCUT2D eigenvalue weighted by Crippen LogP contribution is -2.41. The molecule has 0 aliphatic carbocycles. The highest BCUT2D eigenvalue weighted by Gasteiger charge is 2.18. The van der Waals surface area contributed by atoms with Gasteiger partial charge < -0.3 is 14.1 Å². The molecule has 2 aromatic rings. The van der Waals surface area contributed by atoms with Crippen molar-refractivity contribution in [1.82, 2.24) is 9.88 Å². The molecule has 124 valence electrons. The number of amides is 1. The number of carbonyl (C=O) groups excluding carboxylic acids is 1. The Labute approximate surface area is 144 Å². The fraction of sp³-hybridized carbons (Fsp3) is 0.500. The van der Waals surface area contributed by atoms with Crippen LogP contribution in [0.4, 0.5) is 0 Å². The number of carbonyl (C=O) groups is 1. The van der Waals surface area contributed by atoms with Crippen LogP contribution in [0.2, 0.25) is 0 Å². The summed E-state index contributed by atoms with van der Waals surface area (Å²) in [5.41, 5.74) is 2.10. The van der Waals surface area contributed by atoms with Crippen LogP contribution in [0.25, 0.3) is 10.8 Å². The normalized spacial score (nSPS) is 15.1. The Balaban J connectivity index is 1.55. The van der Waals surface area contributed by atoms with Crippen LogP contribution in [0.5, 0.6) is 0 Å². The summed E-state index contributed by atoms with van der Waals surface area (Å²) >= 11 is 3.22. The van der Waals surface area contributed by atoms with Gasteiger partial charge in [-0.25, -0.2) is 4.98 Å². The van der Waals surface area contributed by atoms with Crippen molar-refractivity contribution in [3.8, 4) is 10.8 Å². The molecule has 0 radical (unpaired) electrons. The van der Waals surface area contributed by atoms with E-state index in [0.29, 0.717) is 43.7 Å². The molecule has 0 atom stereocenters. The van der Waals surface area contributed by atoms with E-state index in [9.17, 15) is 4.79 Å². The molecule has 0 unspecified atom stereocenters. The summed E-state index contributed by atoms with van der Waals surface area (Å²) < 4.78 is 11.1. The van der Waals surface area contributed by atoms with Crippen molar-refractivity contribution in [2.45, 2.75) is 19.6 Å². The van der Waals surface area contributed by atoms with Crippen molar-refractivity contribution in [3.05, 3.63) is 28.5 Å². The summed E-state index contributed by atoms with van der Waals surface area (Å²) in [4.78, 5) is 19.7. The van der Waals surface area contributed by atoms with Gasteiger partial charge in [0.1, 0.15) is 5.76 Å². The van der Waals surface area contributed by atoms with Gasteiger partial charge in [-0.05, 0) is 30.9 Å². The Kier molecular flexibility index (Phi) is 5.40. The second-order valence-electron chi connectivity index (χ2n) is 5.44. The maximum atomic E-state index is 12.1. The van der Waals surface area contributed by atoms with Crippen molar-refractivity contribution in [2.75, 3.05) is 32.1 Å². The number of aryl methyl sites for hydroxylation is 2. The molecule has 2 aromatic heterocycles. The molecule has 3 heterocycles. The average molecular weight is 352 g/mol. The fourth-order valence-electron chi connectivity index (χ4n) is 2.39. The first kappa shape index (κ1) is 16.5. The van der Waals surface area contributed by atoms with Gasteiger partial charge in [0.15, 0.2) is 0 Å². The van der Waals surface area contributed by atoms with E-state index < -0.39 is 0 Å². The SMILES string of the molecule is Cc1ccsc1-c1nc(CSCC(=O)N2CCOCC2)c(C)o1. The molecular weight excluding hydrogens is 332 g/mol. The zero-order valence-corrected chi connectivity index (χ0v) is 15.0. The van der Waals surface area contributed by atoms with Gasteiger partial charge in [0.2, 0.25) is 11.8 Å². The van der Waals surface area contributed by atoms with Gasteiger partial charge >= 0.3 is 0 Å². The zero-order valence-electron chi connectivity index (χ0n) is 13.3. The van der Waals surface area contributed by atoms with Crippen LogP contribution in [0, 0.1) is 13.8 Å². The monoisotopic (exact) mass is 352 g/mol. The maximum Gasteiger partial charge on any atom is 0.237 e. The fourth-order valence-corrected chi connectivity index (χ4v) is 4.16. The van der Waals surface area contributed by atoms with Crippen LogP contribution in [0.3, 0.4) is 0 Å². The minimum Gasteiger partial charge on any atom is -0.440 e. The standard InChI is InChI=1S/C16H20N2O3S2/c1-11-3-8-23-15(11)16-17-13(12(2)21-16)9-22-10-14(19)18-4-6-20-7-5-18/h3,8H,4-7,9-10H2,1-2H3. The maximum absolute atomic E-state index is 12.1. The molecule has 0 bridgehead atoms. The van der Waals surface area contributed by atoms with Crippen LogP contribution in [-0.4, -0.2) is 47.8 Å². The second-order valence-corrected chi connectivity index (χ2v) is 7.34. The van der Waals surface area contributed by atoms with Crippen molar-refractivity contribution in [3.63, 3.8) is 0 Å². The molecule has 1 aliphatic heterocycles. The summed E-state index contributed by atoms with van der Waals surface area (Å²) in [5.74, 6) is 2.85. The van der Waals surface area contributed by atoms with Crippen molar-refractivity contribution >= 4 is 29.0 Å². The number of rotatable bonds is 5. The van der Waals surface area contributed by atoms with Crippen LogP contribution in [-0.2, 0) is 15.3 Å². The summed E-state index contributed by atoms with van der Waals surface area (Å²) in [6.45, 7) is 6.67. The molecule has 0 aromatic carbocycles. The Morgan fingerprint density at radius 1 is 1.39 bits per heavy atom. The van der Waals surface area contributed by atoms with Crippen molar-refractivity contribution in [1.29, 1.82) is 0 Å². The zero-order chi connectivity index (χ0) is 16.2. The third-order valence-electron chi connectivity index (χ3n) is 3.78. The van der Waals surface area contributed by atoms with Crippen molar-refractivity contribution in [2.24, 2.45) is 0 Å². The largest absolute Gasteiger partial charge is 0.440 e. The Hall–Kier alpha value is -1.31. The van der Waals surface area contributed by atoms with Gasteiger partial charge in [-0.3, -0.25) is 4.79 Å². The number of hydrogen-bond donors (Lipinski definition) is 0. The van der Waals surface area contributed by atoms with Gasteiger partial charge in [-0.2, -0.15) is 0 Å². The molecular formula is C16H20N2O3S2. The number of aromatic nitrogens is 1. The van der Waals surface area contributed by atoms with Gasteiger partial charge in [-0.1, -0.05) is 0 Å². The lowest BCUT2D eigenvalue weighted by atomic mass is 10.3. The number of thioether (sulfide) groups is 1. The van der Waals surface area contributed by atoms with Gasteiger partial charge in [0.05, 0.1) is 29.5 Å². The quantitative estimate of drug-likeness (QED) is 0.827. The molecule has 1 aliphatic rings. The molecule has 7 heteroatoms. The van der Waals surface area contributed by atoms with Gasteiger partial charge in [-0.15, -0.1) is 23.1 Å². The highest BCUT2D eigenvalue weighted by Crippen LogP contribution is 2.30. The smallest absolute Gasteiger partial charge is 0.237 e. The Morgan fingerprint density at radius 3 is 2.87 bits per heavy atom. The van der Waals surface area contributed by atoms with Crippen LogP contribution < -0.4 is 0 Å². The lowest BCUT2D eigenvalue weighted by Gasteiger charge is -2.26. The first-order valence-electron chi connectivity index (χ1n) is 7.59. The molecule has 0 N–H and O–H groups in total. The number of ether oxygens (including phenoxy) is 1. The van der Waals surface area contributed by atoms with E-state index in [1.54, 1.807) is 23.1 Å². The highest BCUT2D eigenvalue weighted by molar-refractivity contribution is 7.99. The number of oxazole rings is 1. The molecule has 0 spiro atoms. The van der Waals surface area contributed by atoms with Crippen LogP contribution in [0.15, 0.2) is 15.9 Å². The predicted molar refractivity (Wildman–Crippen MR) is 92.9 cm³/mol. The van der Waals surface area contributed by atoms with E-state index in [4.69, 9.17) is 9.15 Å². The topological polar surface area (TPSA) is 55.6 Å². The number of nitrogens with zero attached hydrogens (tertiary/aromatic N) is 2. The molecule has 1 amide bonds. The number of hydrogen-bond acceptors (Lipinski definition) is 6. The summed E-state index contributed by atoms with van der Waals surface area (Å²) in [7, 11) is 0. The molecule has 23 heavy (non-hydrogen) atoms. The Bertz CT molecular complexity index is 675. The van der Waals surface area contributed by atoms with E-state index in [1.807, 2.05) is 17.2 Å². The summed E-state index contributed by atoms with van der Waals surface area (Å²) in [6.07, 6.45) is 0. The van der Waals surface area contributed by atoms with E-state index in [0.717, 1.165) is 16.3 Å². The third-order valence-corrected chi connectivity index (χ3v) is 5.71. The van der Waals surface area contributed by atoms with Gasteiger partial charge in [0.25, 0.3) is 0 Å². The van der Waals surface area contributed by atoms with E-state index in [2.05, 4.69) is 18.0 Å². The highest BCUT2D eigenvalue weighted by atomic mass is 32.2. The number of thiophene rings is 1. The first-order chi connectivity index (χ1) is 11.1. The molecule has 3 rings (SSSR count). The van der Waals surface area contributed by atoms with Crippen LogP contribution in [0.1, 0.15) is 17.0 Å². The number of morpholine rings is 1. The van der Waals surface area contributed by atoms with E-state index in [1.165, 1.54) is 5.56 Å². The molecule has 0 saturated carbocycles. The van der Waals surface area contributed by atoms with Crippen LogP contribution >= 0.6 is 23.1 Å². The average Bonchev–Trinajstić information content (AvgIpc) is 3.14. The molecule has 1 saturated heterocycles. The first-order valence-corrected chi connectivity index (χ1v) is 9.62. The van der Waals surface area contributed by atoms with E-state index >= 15 is 0 Å². The van der Waals surface area contributed by atoms with E-state index in [-0.39, 0.29) is 5.91 Å². The van der Waals surface area contributed by atoms with Crippen molar-refractivity contribution < 1.29 is 13.9 Å². The minimum absolute atomic E-state index is 0.175. The lowest BCUT2D eigenvalue weighted by molar-refractivity contribution is -0.132. The Morgan fingerprint density at radius 2 is 2.17 bits per heavy atom.